The number of benzene rings is 2. The van der Waals surface area contributed by atoms with Crippen LogP contribution in [0.5, 0.6) is 0 Å². The van der Waals surface area contributed by atoms with Crippen LogP contribution >= 0.6 is 35.0 Å². The molecule has 166 valence electrons. The molecule has 1 aliphatic heterocycles. The molecule has 2 heterocycles. The van der Waals surface area contributed by atoms with Crippen molar-refractivity contribution in [1.29, 1.82) is 0 Å². The Labute approximate surface area is 199 Å². The van der Waals surface area contributed by atoms with Crippen molar-refractivity contribution in [1.82, 2.24) is 9.97 Å². The molecule has 0 radical (unpaired) electrons. The van der Waals surface area contributed by atoms with Gasteiger partial charge >= 0.3 is 0 Å². The SMILES string of the molecule is O=C(CSc1nc(Cl)cc(N2CCN(c3ccc(Cl)cc3)CC2)n1)Nc1ccccc1F. The molecule has 4 rings (SSSR count). The van der Waals surface area contributed by atoms with Crippen LogP contribution in [0.3, 0.4) is 0 Å². The van der Waals surface area contributed by atoms with E-state index in [1.807, 2.05) is 24.3 Å². The average Bonchev–Trinajstić information content (AvgIpc) is 2.80. The number of para-hydroxylation sites is 1. The Morgan fingerprint density at radius 2 is 1.69 bits per heavy atom. The molecule has 1 fully saturated rings. The van der Waals surface area contributed by atoms with Gasteiger partial charge in [0.2, 0.25) is 5.91 Å². The summed E-state index contributed by atoms with van der Waals surface area (Å²) >= 11 is 13.3. The molecular formula is C22H20Cl2FN5OS. The molecule has 3 aromatic rings. The number of piperazine rings is 1. The first-order valence-electron chi connectivity index (χ1n) is 9.95. The molecule has 0 aliphatic carbocycles. The zero-order chi connectivity index (χ0) is 22.5. The lowest BCUT2D eigenvalue weighted by Gasteiger charge is -2.36. The first-order valence-corrected chi connectivity index (χ1v) is 11.7. The van der Waals surface area contributed by atoms with Gasteiger partial charge in [-0.2, -0.15) is 0 Å². The number of nitrogens with one attached hydrogen (secondary N) is 1. The van der Waals surface area contributed by atoms with Crippen LogP contribution in [0.25, 0.3) is 0 Å². The van der Waals surface area contributed by atoms with Gasteiger partial charge in [-0.15, -0.1) is 0 Å². The molecule has 32 heavy (non-hydrogen) atoms. The van der Waals surface area contributed by atoms with Gasteiger partial charge in [0.05, 0.1) is 11.4 Å². The fourth-order valence-corrected chi connectivity index (χ4v) is 4.34. The monoisotopic (exact) mass is 491 g/mol. The third-order valence-electron chi connectivity index (χ3n) is 4.94. The molecule has 0 saturated carbocycles. The Kier molecular flexibility index (Phi) is 7.34. The first-order chi connectivity index (χ1) is 15.5. The topological polar surface area (TPSA) is 61.4 Å². The first kappa shape index (κ1) is 22.6. The van der Waals surface area contributed by atoms with Crippen molar-refractivity contribution in [3.63, 3.8) is 0 Å². The number of aromatic nitrogens is 2. The van der Waals surface area contributed by atoms with E-state index in [0.717, 1.165) is 54.5 Å². The zero-order valence-electron chi connectivity index (χ0n) is 17.0. The smallest absolute Gasteiger partial charge is 0.234 e. The van der Waals surface area contributed by atoms with E-state index in [2.05, 4.69) is 25.1 Å². The summed E-state index contributed by atoms with van der Waals surface area (Å²) in [5.41, 5.74) is 1.27. The maximum atomic E-state index is 13.7. The van der Waals surface area contributed by atoms with Gasteiger partial charge in [-0.05, 0) is 36.4 Å². The van der Waals surface area contributed by atoms with Crippen LogP contribution in [0.4, 0.5) is 21.6 Å². The Balaban J connectivity index is 1.35. The third-order valence-corrected chi connectivity index (χ3v) is 6.23. The van der Waals surface area contributed by atoms with Crippen molar-refractivity contribution >= 4 is 58.1 Å². The predicted molar refractivity (Wildman–Crippen MR) is 129 cm³/mol. The van der Waals surface area contributed by atoms with E-state index in [4.69, 9.17) is 23.2 Å². The summed E-state index contributed by atoms with van der Waals surface area (Å²) in [5, 5.41) is 3.98. The summed E-state index contributed by atoms with van der Waals surface area (Å²) in [6.07, 6.45) is 0. The van der Waals surface area contributed by atoms with Gasteiger partial charge in [-0.3, -0.25) is 4.79 Å². The lowest BCUT2D eigenvalue weighted by atomic mass is 10.2. The summed E-state index contributed by atoms with van der Waals surface area (Å²) in [6, 6.07) is 15.6. The molecule has 0 bridgehead atoms. The normalized spacial score (nSPS) is 13.8. The summed E-state index contributed by atoms with van der Waals surface area (Å²) in [5.74, 6) is -0.0668. The van der Waals surface area contributed by atoms with Crippen molar-refractivity contribution in [3.8, 4) is 0 Å². The molecular weight excluding hydrogens is 472 g/mol. The van der Waals surface area contributed by atoms with Crippen LogP contribution in [-0.4, -0.2) is 47.8 Å². The van der Waals surface area contributed by atoms with Crippen LogP contribution in [0.2, 0.25) is 10.2 Å². The maximum Gasteiger partial charge on any atom is 0.234 e. The summed E-state index contributed by atoms with van der Waals surface area (Å²) in [7, 11) is 0. The summed E-state index contributed by atoms with van der Waals surface area (Å²) < 4.78 is 13.7. The van der Waals surface area contributed by atoms with E-state index in [0.29, 0.717) is 10.3 Å². The van der Waals surface area contributed by atoms with Crippen molar-refractivity contribution in [2.24, 2.45) is 0 Å². The Morgan fingerprint density at radius 3 is 2.41 bits per heavy atom. The van der Waals surface area contributed by atoms with Crippen LogP contribution in [0.15, 0.2) is 59.8 Å². The van der Waals surface area contributed by atoms with Crippen molar-refractivity contribution < 1.29 is 9.18 Å². The van der Waals surface area contributed by atoms with Gasteiger partial charge in [0, 0.05) is 43.0 Å². The number of rotatable bonds is 6. The molecule has 1 amide bonds. The molecule has 6 nitrogen and oxygen atoms in total. The second-order valence-corrected chi connectivity index (χ2v) is 8.86. The second kappa shape index (κ2) is 10.4. The lowest BCUT2D eigenvalue weighted by molar-refractivity contribution is -0.113. The maximum absolute atomic E-state index is 13.7. The number of carbonyl (C=O) groups is 1. The quantitative estimate of drug-likeness (QED) is 0.298. The van der Waals surface area contributed by atoms with Gasteiger partial charge in [0.1, 0.15) is 16.8 Å². The number of amides is 1. The highest BCUT2D eigenvalue weighted by Gasteiger charge is 2.20. The van der Waals surface area contributed by atoms with Crippen molar-refractivity contribution in [2.75, 3.05) is 47.0 Å². The highest BCUT2D eigenvalue weighted by atomic mass is 35.5. The van der Waals surface area contributed by atoms with Crippen LogP contribution < -0.4 is 15.1 Å². The summed E-state index contributed by atoms with van der Waals surface area (Å²) in [6.45, 7) is 3.20. The predicted octanol–water partition coefficient (Wildman–Crippen LogP) is 4.98. The minimum Gasteiger partial charge on any atom is -0.368 e. The standard InChI is InChI=1S/C22H20Cl2FN5OS/c23-15-5-7-16(8-6-15)29-9-11-30(12-10-29)20-13-19(24)27-22(28-20)32-14-21(31)26-18-4-2-1-3-17(18)25/h1-8,13H,9-12,14H2,(H,26,31). The Hall–Kier alpha value is -2.55. The number of hydrogen-bond donors (Lipinski definition) is 1. The number of anilines is 3. The van der Waals surface area contributed by atoms with Crippen molar-refractivity contribution in [2.45, 2.75) is 5.16 Å². The highest BCUT2D eigenvalue weighted by Crippen LogP contribution is 2.25. The highest BCUT2D eigenvalue weighted by molar-refractivity contribution is 7.99. The average molecular weight is 492 g/mol. The number of halogens is 3. The van der Waals surface area contributed by atoms with Gasteiger partial charge in [0.25, 0.3) is 0 Å². The number of hydrogen-bond acceptors (Lipinski definition) is 6. The van der Waals surface area contributed by atoms with Crippen LogP contribution in [-0.2, 0) is 4.79 Å². The van der Waals surface area contributed by atoms with Crippen molar-refractivity contribution in [3.05, 3.63) is 70.6 Å². The minimum atomic E-state index is -0.482. The number of thioether (sulfide) groups is 1. The molecule has 2 aromatic carbocycles. The number of carbonyl (C=O) groups excluding carboxylic acids is 1. The summed E-state index contributed by atoms with van der Waals surface area (Å²) in [4.78, 5) is 25.4. The van der Waals surface area contributed by atoms with Gasteiger partial charge in [0.15, 0.2) is 5.16 Å². The third kappa shape index (κ3) is 5.82. The van der Waals surface area contributed by atoms with Crippen LogP contribution in [0, 0.1) is 5.82 Å². The molecule has 1 N–H and O–H groups in total. The Morgan fingerprint density at radius 1 is 1.00 bits per heavy atom. The fourth-order valence-electron chi connectivity index (χ4n) is 3.34. The van der Waals surface area contributed by atoms with E-state index in [-0.39, 0.29) is 17.3 Å². The second-order valence-electron chi connectivity index (χ2n) is 7.10. The molecule has 0 spiro atoms. The molecule has 0 atom stereocenters. The van der Waals surface area contributed by atoms with Crippen LogP contribution in [0.1, 0.15) is 0 Å². The van der Waals surface area contributed by atoms with E-state index >= 15 is 0 Å². The largest absolute Gasteiger partial charge is 0.368 e. The van der Waals surface area contributed by atoms with E-state index in [9.17, 15) is 9.18 Å². The van der Waals surface area contributed by atoms with Gasteiger partial charge in [-0.1, -0.05) is 47.1 Å². The molecule has 10 heteroatoms. The van der Waals surface area contributed by atoms with E-state index < -0.39 is 5.82 Å². The minimum absolute atomic E-state index is 0.0401. The fraction of sp³-hybridized carbons (Fsp3) is 0.227. The zero-order valence-corrected chi connectivity index (χ0v) is 19.3. The molecule has 1 saturated heterocycles. The van der Waals surface area contributed by atoms with Gasteiger partial charge < -0.3 is 15.1 Å². The lowest BCUT2D eigenvalue weighted by Crippen LogP contribution is -2.46. The molecule has 1 aliphatic rings. The Bertz CT molecular complexity index is 1090. The van der Waals surface area contributed by atoms with E-state index in [1.54, 1.807) is 18.2 Å². The molecule has 0 unspecified atom stereocenters. The van der Waals surface area contributed by atoms with E-state index in [1.165, 1.54) is 12.1 Å². The number of nitrogens with zero attached hydrogens (tertiary/aromatic N) is 4. The van der Waals surface area contributed by atoms with Gasteiger partial charge in [-0.25, -0.2) is 14.4 Å². The molecule has 1 aromatic heterocycles.